The summed E-state index contributed by atoms with van der Waals surface area (Å²) >= 11 is 0. The van der Waals surface area contributed by atoms with Crippen molar-refractivity contribution in [2.24, 2.45) is 0 Å². The van der Waals surface area contributed by atoms with E-state index >= 15 is 0 Å². The van der Waals surface area contributed by atoms with Crippen LogP contribution in [0.5, 0.6) is 0 Å². The standard InChI is InChI=1S/C12H18N2O3/c1-8(2)11-6-9(13-17-11)10-4-3-5-14(10)7-12(15)16/h6,8,10H,3-5,7H2,1-2H3,(H,15,16)/t10-/m1/s1. The molecule has 1 saturated heterocycles. The molecule has 5 nitrogen and oxygen atoms in total. The summed E-state index contributed by atoms with van der Waals surface area (Å²) < 4.78 is 5.27. The average molecular weight is 238 g/mol. The van der Waals surface area contributed by atoms with Gasteiger partial charge in [-0.3, -0.25) is 9.69 Å². The maximum absolute atomic E-state index is 10.8. The summed E-state index contributed by atoms with van der Waals surface area (Å²) in [6.07, 6.45) is 1.97. The van der Waals surface area contributed by atoms with Crippen molar-refractivity contribution < 1.29 is 14.4 Å². The Hall–Kier alpha value is -1.36. The van der Waals surface area contributed by atoms with Crippen molar-refractivity contribution in [3.05, 3.63) is 17.5 Å². The Morgan fingerprint density at radius 3 is 3.06 bits per heavy atom. The number of carboxylic acid groups (broad SMARTS) is 1. The van der Waals surface area contributed by atoms with Gasteiger partial charge in [-0.2, -0.15) is 0 Å². The molecule has 1 aliphatic rings. The number of carbonyl (C=O) groups is 1. The van der Waals surface area contributed by atoms with Gasteiger partial charge >= 0.3 is 5.97 Å². The molecule has 2 heterocycles. The second-order valence-corrected chi connectivity index (χ2v) is 4.83. The van der Waals surface area contributed by atoms with Crippen LogP contribution in [-0.4, -0.2) is 34.2 Å². The Bertz CT molecular complexity index is 400. The molecule has 94 valence electrons. The Morgan fingerprint density at radius 1 is 1.71 bits per heavy atom. The molecule has 2 rings (SSSR count). The Morgan fingerprint density at radius 2 is 2.47 bits per heavy atom. The van der Waals surface area contributed by atoms with Crippen LogP contribution in [-0.2, 0) is 4.79 Å². The van der Waals surface area contributed by atoms with Crippen molar-refractivity contribution in [1.29, 1.82) is 0 Å². The number of carboxylic acids is 1. The highest BCUT2D eigenvalue weighted by Crippen LogP contribution is 2.32. The second-order valence-electron chi connectivity index (χ2n) is 4.83. The van der Waals surface area contributed by atoms with Crippen LogP contribution in [0.4, 0.5) is 0 Å². The zero-order valence-electron chi connectivity index (χ0n) is 10.2. The molecule has 1 N–H and O–H groups in total. The number of aliphatic carboxylic acids is 1. The van der Waals surface area contributed by atoms with E-state index in [1.165, 1.54) is 0 Å². The molecule has 0 unspecified atom stereocenters. The lowest BCUT2D eigenvalue weighted by Gasteiger charge is -2.19. The summed E-state index contributed by atoms with van der Waals surface area (Å²) in [6.45, 7) is 5.00. The molecular formula is C12H18N2O3. The van der Waals surface area contributed by atoms with Crippen LogP contribution in [0.25, 0.3) is 0 Å². The lowest BCUT2D eigenvalue weighted by Crippen LogP contribution is -2.29. The van der Waals surface area contributed by atoms with E-state index in [0.717, 1.165) is 30.8 Å². The SMILES string of the molecule is CC(C)c1cc([C@H]2CCCN2CC(=O)O)no1. The largest absolute Gasteiger partial charge is 0.480 e. The molecule has 0 aliphatic carbocycles. The summed E-state index contributed by atoms with van der Waals surface area (Å²) in [5, 5.41) is 12.9. The van der Waals surface area contributed by atoms with E-state index in [4.69, 9.17) is 9.63 Å². The van der Waals surface area contributed by atoms with Crippen molar-refractivity contribution >= 4 is 5.97 Å². The number of hydrogen-bond donors (Lipinski definition) is 1. The first kappa shape index (κ1) is 12.1. The molecule has 0 spiro atoms. The monoisotopic (exact) mass is 238 g/mol. The van der Waals surface area contributed by atoms with Gasteiger partial charge in [0.05, 0.1) is 12.6 Å². The molecule has 0 amide bonds. The van der Waals surface area contributed by atoms with Crippen LogP contribution < -0.4 is 0 Å². The summed E-state index contributed by atoms with van der Waals surface area (Å²) in [6, 6.07) is 2.05. The zero-order chi connectivity index (χ0) is 12.4. The van der Waals surface area contributed by atoms with Crippen LogP contribution >= 0.6 is 0 Å². The van der Waals surface area contributed by atoms with E-state index in [0.29, 0.717) is 5.92 Å². The Labute approximate surface area is 100 Å². The predicted octanol–water partition coefficient (Wildman–Crippen LogP) is 2.02. The predicted molar refractivity (Wildman–Crippen MR) is 61.8 cm³/mol. The lowest BCUT2D eigenvalue weighted by atomic mass is 10.1. The summed E-state index contributed by atoms with van der Waals surface area (Å²) in [5.74, 6) is 0.386. The molecule has 0 aromatic carbocycles. The van der Waals surface area contributed by atoms with Gasteiger partial charge in [0.25, 0.3) is 0 Å². The Kier molecular flexibility index (Phi) is 3.47. The molecule has 0 bridgehead atoms. The van der Waals surface area contributed by atoms with Gasteiger partial charge in [-0.25, -0.2) is 0 Å². The van der Waals surface area contributed by atoms with Gasteiger partial charge in [-0.15, -0.1) is 0 Å². The van der Waals surface area contributed by atoms with E-state index in [2.05, 4.69) is 5.16 Å². The molecule has 17 heavy (non-hydrogen) atoms. The quantitative estimate of drug-likeness (QED) is 0.869. The maximum atomic E-state index is 10.8. The smallest absolute Gasteiger partial charge is 0.317 e. The third-order valence-electron chi connectivity index (χ3n) is 3.16. The van der Waals surface area contributed by atoms with Gasteiger partial charge in [0, 0.05) is 12.0 Å². The molecule has 1 atom stereocenters. The fraction of sp³-hybridized carbons (Fsp3) is 0.667. The van der Waals surface area contributed by atoms with E-state index in [1.807, 2.05) is 24.8 Å². The first-order chi connectivity index (χ1) is 8.08. The highest BCUT2D eigenvalue weighted by atomic mass is 16.5. The summed E-state index contributed by atoms with van der Waals surface area (Å²) in [5.41, 5.74) is 0.868. The molecule has 1 aromatic rings. The van der Waals surface area contributed by atoms with Gasteiger partial charge < -0.3 is 9.63 Å². The van der Waals surface area contributed by atoms with E-state index in [1.54, 1.807) is 0 Å². The highest BCUT2D eigenvalue weighted by molar-refractivity contribution is 5.69. The Balaban J connectivity index is 2.11. The van der Waals surface area contributed by atoms with Gasteiger partial charge in [-0.05, 0) is 19.4 Å². The van der Waals surface area contributed by atoms with Crippen molar-refractivity contribution in [1.82, 2.24) is 10.1 Å². The minimum Gasteiger partial charge on any atom is -0.480 e. The second kappa shape index (κ2) is 4.87. The van der Waals surface area contributed by atoms with Crippen LogP contribution in [0.15, 0.2) is 10.6 Å². The van der Waals surface area contributed by atoms with Crippen LogP contribution in [0.1, 0.15) is 50.1 Å². The highest BCUT2D eigenvalue weighted by Gasteiger charge is 2.30. The van der Waals surface area contributed by atoms with Crippen molar-refractivity contribution in [2.45, 2.75) is 38.6 Å². The lowest BCUT2D eigenvalue weighted by molar-refractivity contribution is -0.138. The van der Waals surface area contributed by atoms with Crippen LogP contribution in [0, 0.1) is 0 Å². The molecule has 1 fully saturated rings. The van der Waals surface area contributed by atoms with E-state index < -0.39 is 5.97 Å². The van der Waals surface area contributed by atoms with Gasteiger partial charge in [0.2, 0.25) is 0 Å². The topological polar surface area (TPSA) is 66.6 Å². The fourth-order valence-corrected chi connectivity index (χ4v) is 2.26. The number of rotatable bonds is 4. The van der Waals surface area contributed by atoms with Crippen LogP contribution in [0.3, 0.4) is 0 Å². The average Bonchev–Trinajstić information content (AvgIpc) is 2.83. The van der Waals surface area contributed by atoms with E-state index in [-0.39, 0.29) is 12.6 Å². The first-order valence-electron chi connectivity index (χ1n) is 6.00. The first-order valence-corrected chi connectivity index (χ1v) is 6.00. The molecule has 1 aromatic heterocycles. The van der Waals surface area contributed by atoms with Crippen molar-refractivity contribution in [2.75, 3.05) is 13.1 Å². The minimum atomic E-state index is -0.788. The van der Waals surface area contributed by atoms with Gasteiger partial charge in [0.1, 0.15) is 11.5 Å². The molecule has 0 saturated carbocycles. The molecule has 0 radical (unpaired) electrons. The van der Waals surface area contributed by atoms with Gasteiger partial charge in [0.15, 0.2) is 0 Å². The fourth-order valence-electron chi connectivity index (χ4n) is 2.26. The number of hydrogen-bond acceptors (Lipinski definition) is 4. The van der Waals surface area contributed by atoms with E-state index in [9.17, 15) is 4.79 Å². The number of nitrogens with zero attached hydrogens (tertiary/aromatic N) is 2. The van der Waals surface area contributed by atoms with Crippen molar-refractivity contribution in [3.8, 4) is 0 Å². The third kappa shape index (κ3) is 2.66. The van der Waals surface area contributed by atoms with Crippen molar-refractivity contribution in [3.63, 3.8) is 0 Å². The number of likely N-dealkylation sites (tertiary alicyclic amines) is 1. The maximum Gasteiger partial charge on any atom is 0.317 e. The zero-order valence-corrected chi connectivity index (χ0v) is 10.2. The molecule has 1 aliphatic heterocycles. The van der Waals surface area contributed by atoms with Gasteiger partial charge in [-0.1, -0.05) is 19.0 Å². The molecule has 5 heteroatoms. The third-order valence-corrected chi connectivity index (χ3v) is 3.16. The summed E-state index contributed by atoms with van der Waals surface area (Å²) in [4.78, 5) is 12.7. The minimum absolute atomic E-state index is 0.0779. The normalized spacial score (nSPS) is 21.2. The number of aromatic nitrogens is 1. The molecular weight excluding hydrogens is 220 g/mol. The summed E-state index contributed by atoms with van der Waals surface area (Å²) in [7, 11) is 0. The van der Waals surface area contributed by atoms with Crippen LogP contribution in [0.2, 0.25) is 0 Å².